The van der Waals surface area contributed by atoms with Crippen LogP contribution in [-0.4, -0.2) is 17.4 Å². The van der Waals surface area contributed by atoms with E-state index >= 15 is 0 Å². The molecule has 1 amide bonds. The van der Waals surface area contributed by atoms with Gasteiger partial charge in [0.2, 0.25) is 0 Å². The molecule has 0 spiro atoms. The molecule has 2 aromatic rings. The first-order valence-corrected chi connectivity index (χ1v) is 6.43. The van der Waals surface area contributed by atoms with E-state index in [2.05, 4.69) is 29.0 Å². The standard InChI is InChI=1S/C16H16N2O/c1-3-11-4-6-12(7-5-11)15-10(2)14-13(18-15)8-9-17-16(14)19/h3-7,18H,1,8-9H2,2H3,(H,17,19). The van der Waals surface area contributed by atoms with Gasteiger partial charge in [-0.2, -0.15) is 0 Å². The fraction of sp³-hybridized carbons (Fsp3) is 0.188. The number of hydrogen-bond acceptors (Lipinski definition) is 1. The first kappa shape index (κ1) is 11.8. The van der Waals surface area contributed by atoms with Gasteiger partial charge in [-0.05, 0) is 23.6 Å². The average Bonchev–Trinajstić information content (AvgIpc) is 2.78. The van der Waals surface area contributed by atoms with Crippen molar-refractivity contribution in [3.05, 3.63) is 53.2 Å². The van der Waals surface area contributed by atoms with Gasteiger partial charge >= 0.3 is 0 Å². The van der Waals surface area contributed by atoms with E-state index in [0.29, 0.717) is 6.54 Å². The van der Waals surface area contributed by atoms with E-state index in [0.717, 1.165) is 40.1 Å². The molecule has 0 unspecified atom stereocenters. The summed E-state index contributed by atoms with van der Waals surface area (Å²) in [6, 6.07) is 8.17. The summed E-state index contributed by atoms with van der Waals surface area (Å²) >= 11 is 0. The van der Waals surface area contributed by atoms with Crippen LogP contribution in [0.5, 0.6) is 0 Å². The van der Waals surface area contributed by atoms with Crippen LogP contribution in [0.25, 0.3) is 17.3 Å². The van der Waals surface area contributed by atoms with Gasteiger partial charge in [-0.1, -0.05) is 36.9 Å². The zero-order chi connectivity index (χ0) is 13.4. The maximum absolute atomic E-state index is 11.9. The molecule has 0 bridgehead atoms. The molecular weight excluding hydrogens is 236 g/mol. The van der Waals surface area contributed by atoms with E-state index in [-0.39, 0.29) is 5.91 Å². The Balaban J connectivity index is 2.10. The lowest BCUT2D eigenvalue weighted by atomic mass is 10.0. The van der Waals surface area contributed by atoms with Crippen molar-refractivity contribution < 1.29 is 4.79 Å². The van der Waals surface area contributed by atoms with Crippen LogP contribution in [0.4, 0.5) is 0 Å². The molecule has 0 saturated carbocycles. The molecule has 1 aromatic heterocycles. The zero-order valence-corrected chi connectivity index (χ0v) is 10.9. The van der Waals surface area contributed by atoms with Crippen LogP contribution in [0, 0.1) is 6.92 Å². The number of fused-ring (bicyclic) bond motifs is 1. The van der Waals surface area contributed by atoms with Gasteiger partial charge in [0.15, 0.2) is 0 Å². The van der Waals surface area contributed by atoms with E-state index in [1.165, 1.54) is 0 Å². The molecule has 2 N–H and O–H groups in total. The van der Waals surface area contributed by atoms with Crippen LogP contribution in [-0.2, 0) is 6.42 Å². The highest BCUT2D eigenvalue weighted by molar-refractivity contribution is 5.99. The monoisotopic (exact) mass is 252 g/mol. The zero-order valence-electron chi connectivity index (χ0n) is 10.9. The minimum atomic E-state index is 0.0314. The number of rotatable bonds is 2. The Labute approximate surface area is 112 Å². The molecule has 0 saturated heterocycles. The minimum Gasteiger partial charge on any atom is -0.357 e. The summed E-state index contributed by atoms with van der Waals surface area (Å²) in [5.74, 6) is 0.0314. The average molecular weight is 252 g/mol. The number of carbonyl (C=O) groups is 1. The van der Waals surface area contributed by atoms with Crippen molar-refractivity contribution in [3.8, 4) is 11.3 Å². The molecule has 0 fully saturated rings. The van der Waals surface area contributed by atoms with Crippen LogP contribution in [0.2, 0.25) is 0 Å². The molecule has 2 heterocycles. The molecule has 3 nitrogen and oxygen atoms in total. The molecule has 1 aromatic carbocycles. The Bertz CT molecular complexity index is 650. The third-order valence-corrected chi connectivity index (χ3v) is 3.65. The van der Waals surface area contributed by atoms with Crippen molar-refractivity contribution in [1.29, 1.82) is 0 Å². The Kier molecular flexibility index (Phi) is 2.75. The lowest BCUT2D eigenvalue weighted by Gasteiger charge is -2.12. The molecule has 96 valence electrons. The highest BCUT2D eigenvalue weighted by Crippen LogP contribution is 2.29. The predicted octanol–water partition coefficient (Wildman–Crippen LogP) is 2.92. The van der Waals surface area contributed by atoms with Gasteiger partial charge < -0.3 is 10.3 Å². The first-order chi connectivity index (χ1) is 9.20. The van der Waals surface area contributed by atoms with Gasteiger partial charge in [-0.25, -0.2) is 0 Å². The van der Waals surface area contributed by atoms with Crippen LogP contribution in [0.1, 0.15) is 27.2 Å². The van der Waals surface area contributed by atoms with E-state index < -0.39 is 0 Å². The maximum atomic E-state index is 11.9. The SMILES string of the molecule is C=Cc1ccc(-c2[nH]c3c(c2C)C(=O)NCC3)cc1. The van der Waals surface area contributed by atoms with Gasteiger partial charge in [0.1, 0.15) is 0 Å². The molecule has 3 rings (SSSR count). The third-order valence-electron chi connectivity index (χ3n) is 3.65. The number of hydrogen-bond donors (Lipinski definition) is 2. The highest BCUT2D eigenvalue weighted by Gasteiger charge is 2.23. The summed E-state index contributed by atoms with van der Waals surface area (Å²) < 4.78 is 0. The van der Waals surface area contributed by atoms with Crippen molar-refractivity contribution in [2.75, 3.05) is 6.54 Å². The smallest absolute Gasteiger partial charge is 0.253 e. The number of benzene rings is 1. The number of aromatic amines is 1. The van der Waals surface area contributed by atoms with Gasteiger partial charge in [-0.15, -0.1) is 0 Å². The number of aromatic nitrogens is 1. The summed E-state index contributed by atoms with van der Waals surface area (Å²) in [5, 5.41) is 2.89. The number of amides is 1. The van der Waals surface area contributed by atoms with Crippen LogP contribution >= 0.6 is 0 Å². The number of H-pyrrole nitrogens is 1. The first-order valence-electron chi connectivity index (χ1n) is 6.43. The van der Waals surface area contributed by atoms with Crippen molar-refractivity contribution >= 4 is 12.0 Å². The Hall–Kier alpha value is -2.29. The fourth-order valence-electron chi connectivity index (χ4n) is 2.62. The molecule has 1 aliphatic heterocycles. The number of carbonyl (C=O) groups excluding carboxylic acids is 1. The van der Waals surface area contributed by atoms with E-state index in [1.807, 2.05) is 25.1 Å². The van der Waals surface area contributed by atoms with Crippen molar-refractivity contribution in [3.63, 3.8) is 0 Å². The Morgan fingerprint density at radius 2 is 2.00 bits per heavy atom. The quantitative estimate of drug-likeness (QED) is 0.848. The second kappa shape index (κ2) is 4.43. The summed E-state index contributed by atoms with van der Waals surface area (Å²) in [5.41, 5.74) is 6.12. The summed E-state index contributed by atoms with van der Waals surface area (Å²) in [6.45, 7) is 6.46. The predicted molar refractivity (Wildman–Crippen MR) is 77.1 cm³/mol. The van der Waals surface area contributed by atoms with Crippen molar-refractivity contribution in [1.82, 2.24) is 10.3 Å². The van der Waals surface area contributed by atoms with Crippen LogP contribution in [0.3, 0.4) is 0 Å². The molecule has 0 atom stereocenters. The van der Waals surface area contributed by atoms with E-state index in [1.54, 1.807) is 0 Å². The third kappa shape index (κ3) is 1.87. The van der Waals surface area contributed by atoms with Crippen molar-refractivity contribution in [2.45, 2.75) is 13.3 Å². The summed E-state index contributed by atoms with van der Waals surface area (Å²) in [7, 11) is 0. The second-order valence-corrected chi connectivity index (χ2v) is 4.81. The lowest BCUT2D eigenvalue weighted by Crippen LogP contribution is -2.31. The molecule has 0 radical (unpaired) electrons. The van der Waals surface area contributed by atoms with Gasteiger partial charge in [0, 0.05) is 24.4 Å². The Morgan fingerprint density at radius 3 is 2.63 bits per heavy atom. The molecule has 1 aliphatic rings. The normalized spacial score (nSPS) is 13.8. The minimum absolute atomic E-state index is 0.0314. The fourth-order valence-corrected chi connectivity index (χ4v) is 2.62. The lowest BCUT2D eigenvalue weighted by molar-refractivity contribution is 0.0945. The van der Waals surface area contributed by atoms with Gasteiger partial charge in [0.05, 0.1) is 5.56 Å². The molecule has 0 aliphatic carbocycles. The Morgan fingerprint density at radius 1 is 1.26 bits per heavy atom. The molecular formula is C16H16N2O. The van der Waals surface area contributed by atoms with Gasteiger partial charge in [0.25, 0.3) is 5.91 Å². The molecule has 3 heteroatoms. The number of nitrogens with one attached hydrogen (secondary N) is 2. The highest BCUT2D eigenvalue weighted by atomic mass is 16.1. The summed E-state index contributed by atoms with van der Waals surface area (Å²) in [6.07, 6.45) is 2.69. The second-order valence-electron chi connectivity index (χ2n) is 4.81. The van der Waals surface area contributed by atoms with Crippen molar-refractivity contribution in [2.24, 2.45) is 0 Å². The van der Waals surface area contributed by atoms with Crippen LogP contribution in [0.15, 0.2) is 30.8 Å². The summed E-state index contributed by atoms with van der Waals surface area (Å²) in [4.78, 5) is 15.3. The van der Waals surface area contributed by atoms with E-state index in [9.17, 15) is 4.79 Å². The largest absolute Gasteiger partial charge is 0.357 e. The van der Waals surface area contributed by atoms with Gasteiger partial charge in [-0.3, -0.25) is 4.79 Å². The maximum Gasteiger partial charge on any atom is 0.253 e. The van der Waals surface area contributed by atoms with Crippen LogP contribution < -0.4 is 5.32 Å². The molecule has 19 heavy (non-hydrogen) atoms. The van der Waals surface area contributed by atoms with E-state index in [4.69, 9.17) is 0 Å². The topological polar surface area (TPSA) is 44.9 Å².